The van der Waals surface area contributed by atoms with Crippen molar-refractivity contribution in [1.82, 2.24) is 15.2 Å². The van der Waals surface area contributed by atoms with Gasteiger partial charge in [-0.05, 0) is 18.2 Å². The number of hydrogen-bond acceptors (Lipinski definition) is 3. The van der Waals surface area contributed by atoms with E-state index in [2.05, 4.69) is 15.2 Å². The summed E-state index contributed by atoms with van der Waals surface area (Å²) < 4.78 is 0. The fourth-order valence-corrected chi connectivity index (χ4v) is 1.66. The maximum atomic E-state index is 12.0. The molecule has 0 spiro atoms. The van der Waals surface area contributed by atoms with E-state index < -0.39 is 0 Å². The lowest BCUT2D eigenvalue weighted by molar-refractivity contribution is 1.07. The van der Waals surface area contributed by atoms with Crippen LogP contribution in [0.5, 0.6) is 0 Å². The van der Waals surface area contributed by atoms with E-state index in [0.29, 0.717) is 16.4 Å². The van der Waals surface area contributed by atoms with E-state index in [0.717, 1.165) is 5.52 Å². The van der Waals surface area contributed by atoms with Gasteiger partial charge in [0.15, 0.2) is 5.52 Å². The summed E-state index contributed by atoms with van der Waals surface area (Å²) in [6.45, 7) is 0. The summed E-state index contributed by atoms with van der Waals surface area (Å²) in [6.07, 6.45) is 1.56. The van der Waals surface area contributed by atoms with Crippen LogP contribution in [0.1, 0.15) is 0 Å². The highest BCUT2D eigenvalue weighted by molar-refractivity contribution is 5.89. The van der Waals surface area contributed by atoms with Crippen LogP contribution in [0.25, 0.3) is 21.9 Å². The van der Waals surface area contributed by atoms with Crippen molar-refractivity contribution < 1.29 is 0 Å². The van der Waals surface area contributed by atoms with Crippen molar-refractivity contribution in [3.63, 3.8) is 0 Å². The van der Waals surface area contributed by atoms with Crippen LogP contribution >= 0.6 is 0 Å². The summed E-state index contributed by atoms with van der Waals surface area (Å²) in [6, 6.07) is 9.12. The third-order valence-electron chi connectivity index (χ3n) is 2.38. The van der Waals surface area contributed by atoms with Gasteiger partial charge in [0.1, 0.15) is 0 Å². The van der Waals surface area contributed by atoms with Gasteiger partial charge in [-0.2, -0.15) is 5.10 Å². The number of nitrogens with one attached hydrogen (secondary N) is 1. The number of aromatic amines is 1. The molecule has 4 heteroatoms. The van der Waals surface area contributed by atoms with Crippen LogP contribution in [0.3, 0.4) is 0 Å². The second kappa shape index (κ2) is 2.88. The molecule has 0 aliphatic heterocycles. The fourth-order valence-electron chi connectivity index (χ4n) is 1.66. The van der Waals surface area contributed by atoms with Crippen LogP contribution in [0.2, 0.25) is 0 Å². The lowest BCUT2D eigenvalue weighted by atomic mass is 10.2. The molecule has 0 radical (unpaired) electrons. The van der Waals surface area contributed by atoms with Crippen LogP contribution in [0.4, 0.5) is 0 Å². The van der Waals surface area contributed by atoms with Crippen LogP contribution in [0.15, 0.2) is 41.3 Å². The molecule has 2 heterocycles. The number of H-pyrrole nitrogens is 1. The Morgan fingerprint density at radius 3 is 2.87 bits per heavy atom. The number of pyridine rings is 1. The molecule has 0 saturated carbocycles. The molecule has 3 rings (SSSR count). The van der Waals surface area contributed by atoms with E-state index in [9.17, 15) is 4.79 Å². The minimum Gasteiger partial charge on any atom is -0.353 e. The second-order valence-electron chi connectivity index (χ2n) is 3.29. The molecule has 72 valence electrons. The molecule has 3 aromatic rings. The molecule has 2 aromatic heterocycles. The SMILES string of the molecule is O=c1c2ccccc2[nH]c2ccnnc12. The normalized spacial score (nSPS) is 10.9. The molecule has 1 N–H and O–H groups in total. The first kappa shape index (κ1) is 8.11. The molecule has 0 bridgehead atoms. The third-order valence-corrected chi connectivity index (χ3v) is 2.38. The van der Waals surface area contributed by atoms with Crippen molar-refractivity contribution in [2.45, 2.75) is 0 Å². The first-order valence-corrected chi connectivity index (χ1v) is 4.59. The van der Waals surface area contributed by atoms with Crippen molar-refractivity contribution in [3.05, 3.63) is 46.8 Å². The summed E-state index contributed by atoms with van der Waals surface area (Å²) in [7, 11) is 0. The number of para-hydroxylation sites is 1. The maximum absolute atomic E-state index is 12.0. The molecule has 4 nitrogen and oxygen atoms in total. The number of aromatic nitrogens is 3. The predicted octanol–water partition coefficient (Wildman–Crippen LogP) is 1.47. The molecule has 1 aromatic carbocycles. The third kappa shape index (κ3) is 1.11. The van der Waals surface area contributed by atoms with E-state index in [-0.39, 0.29) is 5.43 Å². The number of rotatable bonds is 0. The number of hydrogen-bond donors (Lipinski definition) is 1. The highest BCUT2D eigenvalue weighted by atomic mass is 16.1. The van der Waals surface area contributed by atoms with E-state index in [1.807, 2.05) is 18.2 Å². The van der Waals surface area contributed by atoms with Gasteiger partial charge in [0.05, 0.1) is 11.7 Å². The summed E-state index contributed by atoms with van der Waals surface area (Å²) in [4.78, 5) is 15.1. The van der Waals surface area contributed by atoms with Gasteiger partial charge in [-0.3, -0.25) is 4.79 Å². The first-order chi connectivity index (χ1) is 7.36. The topological polar surface area (TPSA) is 58.6 Å². The van der Waals surface area contributed by atoms with E-state index >= 15 is 0 Å². The van der Waals surface area contributed by atoms with Gasteiger partial charge in [0.25, 0.3) is 0 Å². The zero-order valence-electron chi connectivity index (χ0n) is 7.77. The number of benzene rings is 1. The molecule has 0 saturated heterocycles. The van der Waals surface area contributed by atoms with E-state index in [1.165, 1.54) is 0 Å². The van der Waals surface area contributed by atoms with Crippen LogP contribution in [0, 0.1) is 0 Å². The Hall–Kier alpha value is -2.23. The van der Waals surface area contributed by atoms with Crippen molar-refractivity contribution in [2.75, 3.05) is 0 Å². The predicted molar refractivity (Wildman–Crippen MR) is 57.7 cm³/mol. The Labute approximate surface area is 84.6 Å². The molecular weight excluding hydrogens is 190 g/mol. The quantitative estimate of drug-likeness (QED) is 0.555. The summed E-state index contributed by atoms with van der Waals surface area (Å²) in [5, 5.41) is 8.19. The van der Waals surface area contributed by atoms with Gasteiger partial charge in [0, 0.05) is 10.9 Å². The van der Waals surface area contributed by atoms with Crippen molar-refractivity contribution in [3.8, 4) is 0 Å². The standard InChI is InChI=1S/C11H7N3O/c15-11-7-3-1-2-4-8(7)13-9-5-6-12-14-10(9)11/h1-6H,(H,13,15). The van der Waals surface area contributed by atoms with Gasteiger partial charge < -0.3 is 4.98 Å². The monoisotopic (exact) mass is 197 g/mol. The molecule has 0 fully saturated rings. The smallest absolute Gasteiger partial charge is 0.217 e. The number of fused-ring (bicyclic) bond motifs is 2. The lowest BCUT2D eigenvalue weighted by Crippen LogP contribution is -2.06. The zero-order chi connectivity index (χ0) is 10.3. The van der Waals surface area contributed by atoms with Gasteiger partial charge in [-0.25, -0.2) is 0 Å². The van der Waals surface area contributed by atoms with Crippen LogP contribution < -0.4 is 5.43 Å². The van der Waals surface area contributed by atoms with Gasteiger partial charge in [0.2, 0.25) is 5.43 Å². The molecular formula is C11H7N3O. The summed E-state index contributed by atoms with van der Waals surface area (Å²) >= 11 is 0. The van der Waals surface area contributed by atoms with Crippen LogP contribution in [-0.4, -0.2) is 15.2 Å². The highest BCUT2D eigenvalue weighted by Gasteiger charge is 2.04. The molecule has 0 amide bonds. The molecule has 0 aliphatic rings. The van der Waals surface area contributed by atoms with Gasteiger partial charge in [-0.1, -0.05) is 12.1 Å². The minimum absolute atomic E-state index is 0.0764. The van der Waals surface area contributed by atoms with Gasteiger partial charge >= 0.3 is 0 Å². The van der Waals surface area contributed by atoms with Gasteiger partial charge in [-0.15, -0.1) is 5.10 Å². The number of nitrogens with zero attached hydrogens (tertiary/aromatic N) is 2. The zero-order valence-corrected chi connectivity index (χ0v) is 7.77. The average molecular weight is 197 g/mol. The van der Waals surface area contributed by atoms with Crippen molar-refractivity contribution in [2.24, 2.45) is 0 Å². The average Bonchev–Trinajstić information content (AvgIpc) is 2.30. The Kier molecular flexibility index (Phi) is 1.56. The van der Waals surface area contributed by atoms with E-state index in [1.54, 1.807) is 18.3 Å². The highest BCUT2D eigenvalue weighted by Crippen LogP contribution is 2.10. The maximum Gasteiger partial charge on any atom is 0.217 e. The Balaban J connectivity index is 2.66. The second-order valence-corrected chi connectivity index (χ2v) is 3.29. The lowest BCUT2D eigenvalue weighted by Gasteiger charge is -1.99. The summed E-state index contributed by atoms with van der Waals surface area (Å²) in [5.41, 5.74) is 1.85. The first-order valence-electron chi connectivity index (χ1n) is 4.59. The van der Waals surface area contributed by atoms with Crippen LogP contribution in [-0.2, 0) is 0 Å². The van der Waals surface area contributed by atoms with Crippen molar-refractivity contribution in [1.29, 1.82) is 0 Å². The molecule has 0 aliphatic carbocycles. The largest absolute Gasteiger partial charge is 0.353 e. The molecule has 0 unspecified atom stereocenters. The molecule has 15 heavy (non-hydrogen) atoms. The fraction of sp³-hybridized carbons (Fsp3) is 0. The Morgan fingerprint density at radius 1 is 1.07 bits per heavy atom. The summed E-state index contributed by atoms with van der Waals surface area (Å²) in [5.74, 6) is 0. The minimum atomic E-state index is -0.0764. The Bertz CT molecular complexity index is 646. The molecule has 0 atom stereocenters. The Morgan fingerprint density at radius 2 is 1.93 bits per heavy atom. The van der Waals surface area contributed by atoms with E-state index in [4.69, 9.17) is 0 Å². The van der Waals surface area contributed by atoms with Crippen molar-refractivity contribution >= 4 is 21.9 Å².